The fourth-order valence-corrected chi connectivity index (χ4v) is 8.83. The molecule has 12 heteroatoms. The number of nitrogens with one attached hydrogen (secondary N) is 1. The molecule has 4 atom stereocenters. The summed E-state index contributed by atoms with van der Waals surface area (Å²) in [5, 5.41) is 15.4. The molecule has 2 aromatic carbocycles. The molecule has 5 aliphatic rings. The number of phenolic OH excluding ortho intramolecular Hbond substituents is 1. The predicted molar refractivity (Wildman–Crippen MR) is 172 cm³/mol. The Balaban J connectivity index is 1.19. The van der Waals surface area contributed by atoms with E-state index >= 15 is 8.78 Å². The van der Waals surface area contributed by atoms with Crippen LogP contribution in [-0.2, 0) is 9.47 Å². The van der Waals surface area contributed by atoms with Crippen molar-refractivity contribution in [3.05, 3.63) is 48.2 Å². The minimum Gasteiger partial charge on any atom is -0.508 e. The molecule has 0 amide bonds. The molecular formula is C35H38F2N6O4. The molecule has 10 nitrogen and oxygen atoms in total. The van der Waals surface area contributed by atoms with Gasteiger partial charge in [-0.25, -0.2) is 8.78 Å². The summed E-state index contributed by atoms with van der Waals surface area (Å²) in [4.78, 5) is 18.8. The Hall–Kier alpha value is -3.71. The number of fused-ring (bicyclic) bond motifs is 9. The number of benzene rings is 2. The molecule has 2 spiro atoms. The standard InChI is InChI=1S/C35H38F2N6O4/c36-27-5-1-4-21-12-23(44)13-25(28(21)27)30-29(37)31-26(15-38-30)32-40-33(39-31)47-20-35-7-2-9-43(35)17-24(14-35)46-11-3-10-45-19-34-8-6-22(41-34)16-42(32)18-34/h1,4-5,12-13,15,22,24,41,44H,2-3,6-11,14,16-20H2/t22-,24+,34+,35+/m0/s1. The third kappa shape index (κ3) is 4.99. The van der Waals surface area contributed by atoms with E-state index in [9.17, 15) is 5.11 Å². The quantitative estimate of drug-likeness (QED) is 0.307. The molecule has 47 heavy (non-hydrogen) atoms. The van der Waals surface area contributed by atoms with Gasteiger partial charge < -0.3 is 29.5 Å². The number of halogens is 2. The van der Waals surface area contributed by atoms with Crippen LogP contribution in [0.4, 0.5) is 14.6 Å². The number of ether oxygens (including phenoxy) is 3. The number of piperazine rings is 1. The number of aromatic hydroxyl groups is 1. The second-order valence-electron chi connectivity index (χ2n) is 14.1. The third-order valence-corrected chi connectivity index (χ3v) is 10.9. The Bertz CT molecular complexity index is 1880. The van der Waals surface area contributed by atoms with Gasteiger partial charge in [-0.1, -0.05) is 12.1 Å². The van der Waals surface area contributed by atoms with Gasteiger partial charge in [0.25, 0.3) is 0 Å². The van der Waals surface area contributed by atoms with Gasteiger partial charge in [0, 0.05) is 56.0 Å². The molecule has 7 bridgehead atoms. The van der Waals surface area contributed by atoms with Crippen LogP contribution in [0, 0.1) is 11.6 Å². The first-order valence-corrected chi connectivity index (χ1v) is 16.8. The summed E-state index contributed by atoms with van der Waals surface area (Å²) in [6.45, 7) is 5.36. The third-order valence-electron chi connectivity index (χ3n) is 10.9. The lowest BCUT2D eigenvalue weighted by Crippen LogP contribution is -2.62. The summed E-state index contributed by atoms with van der Waals surface area (Å²) in [6.07, 6.45) is 7.40. The minimum atomic E-state index is -0.719. The molecule has 0 radical (unpaired) electrons. The van der Waals surface area contributed by atoms with Crippen molar-refractivity contribution in [1.82, 2.24) is 25.2 Å². The van der Waals surface area contributed by atoms with Crippen molar-refractivity contribution in [2.75, 3.05) is 57.5 Å². The Kier molecular flexibility index (Phi) is 7.00. The second-order valence-corrected chi connectivity index (χ2v) is 14.1. The smallest absolute Gasteiger partial charge is 0.319 e. The van der Waals surface area contributed by atoms with Crippen LogP contribution in [-0.4, -0.2) is 101 Å². The highest BCUT2D eigenvalue weighted by molar-refractivity contribution is 6.00. The molecule has 9 rings (SSSR count). The number of anilines is 1. The first-order chi connectivity index (χ1) is 22.9. The molecule has 2 aromatic heterocycles. The van der Waals surface area contributed by atoms with Crippen LogP contribution in [0.15, 0.2) is 36.5 Å². The summed E-state index contributed by atoms with van der Waals surface area (Å²) in [5.41, 5.74) is -0.349. The van der Waals surface area contributed by atoms with Crippen LogP contribution in [0.5, 0.6) is 11.8 Å². The summed E-state index contributed by atoms with van der Waals surface area (Å²) < 4.78 is 51.0. The second kappa shape index (κ2) is 11.2. The maximum absolute atomic E-state index is 16.9. The lowest BCUT2D eigenvalue weighted by Gasteiger charge is -2.42. The first-order valence-electron chi connectivity index (χ1n) is 16.8. The lowest BCUT2D eigenvalue weighted by atomic mass is 9.94. The minimum absolute atomic E-state index is 0.0466. The number of pyridine rings is 1. The number of hydrogen-bond donors (Lipinski definition) is 2. The number of phenols is 1. The topological polar surface area (TPSA) is 105 Å². The van der Waals surface area contributed by atoms with Crippen molar-refractivity contribution in [1.29, 1.82) is 0 Å². The van der Waals surface area contributed by atoms with Gasteiger partial charge in [-0.3, -0.25) is 9.88 Å². The van der Waals surface area contributed by atoms with Crippen LogP contribution in [0.1, 0.15) is 38.5 Å². The van der Waals surface area contributed by atoms with Crippen molar-refractivity contribution in [3.8, 4) is 23.0 Å². The molecule has 0 saturated carbocycles. The zero-order valence-electron chi connectivity index (χ0n) is 26.2. The Morgan fingerprint density at radius 2 is 1.98 bits per heavy atom. The molecule has 4 saturated heterocycles. The van der Waals surface area contributed by atoms with Crippen molar-refractivity contribution in [2.24, 2.45) is 0 Å². The maximum Gasteiger partial charge on any atom is 0.319 e. The number of aromatic nitrogens is 3. The SMILES string of the molecule is Oc1cc(-c2ncc3c4nc(nc3c2F)OC[C@]23CCCN2C[C@@H](C3)OCCCOC[C@@]23CC[C@@H](CN4C2)N3)c2c(F)cccc2c1. The average molecular weight is 645 g/mol. The zero-order chi connectivity index (χ0) is 31.8. The Morgan fingerprint density at radius 3 is 2.91 bits per heavy atom. The van der Waals surface area contributed by atoms with E-state index in [0.29, 0.717) is 56.1 Å². The van der Waals surface area contributed by atoms with Crippen molar-refractivity contribution in [3.63, 3.8) is 0 Å². The maximum atomic E-state index is 16.9. The molecule has 246 valence electrons. The van der Waals surface area contributed by atoms with Gasteiger partial charge >= 0.3 is 6.01 Å². The summed E-state index contributed by atoms with van der Waals surface area (Å²) in [5.74, 6) is -0.800. The van der Waals surface area contributed by atoms with Crippen molar-refractivity contribution in [2.45, 2.75) is 61.7 Å². The van der Waals surface area contributed by atoms with Crippen molar-refractivity contribution < 1.29 is 28.1 Å². The van der Waals surface area contributed by atoms with E-state index in [-0.39, 0.29) is 57.1 Å². The van der Waals surface area contributed by atoms with E-state index in [1.165, 1.54) is 18.2 Å². The van der Waals surface area contributed by atoms with Gasteiger partial charge in [0.2, 0.25) is 0 Å². The average Bonchev–Trinajstić information content (AvgIpc) is 3.70. The predicted octanol–water partition coefficient (Wildman–Crippen LogP) is 4.56. The van der Waals surface area contributed by atoms with Crippen molar-refractivity contribution >= 4 is 27.5 Å². The van der Waals surface area contributed by atoms with E-state index in [1.54, 1.807) is 18.3 Å². The Morgan fingerprint density at radius 1 is 1.04 bits per heavy atom. The highest BCUT2D eigenvalue weighted by Crippen LogP contribution is 2.42. The Labute approximate surface area is 271 Å². The van der Waals surface area contributed by atoms with Gasteiger partial charge in [-0.15, -0.1) is 0 Å². The highest BCUT2D eigenvalue weighted by atomic mass is 19.1. The van der Waals surface area contributed by atoms with E-state index in [1.807, 2.05) is 0 Å². The fraction of sp³-hybridized carbons (Fsp3) is 0.514. The molecular weight excluding hydrogens is 606 g/mol. The first kappa shape index (κ1) is 29.4. The number of nitrogens with zero attached hydrogens (tertiary/aromatic N) is 5. The van der Waals surface area contributed by atoms with Crippen LogP contribution >= 0.6 is 0 Å². The molecule has 2 N–H and O–H groups in total. The van der Waals surface area contributed by atoms with Crippen LogP contribution in [0.25, 0.3) is 32.9 Å². The largest absolute Gasteiger partial charge is 0.508 e. The summed E-state index contributed by atoms with van der Waals surface area (Å²) in [7, 11) is 0. The van der Waals surface area contributed by atoms with E-state index in [4.69, 9.17) is 19.2 Å². The fourth-order valence-electron chi connectivity index (χ4n) is 8.83. The van der Waals surface area contributed by atoms with Gasteiger partial charge in [0.05, 0.1) is 29.2 Å². The molecule has 7 heterocycles. The molecule has 0 aliphatic carbocycles. The van der Waals surface area contributed by atoms with Gasteiger partial charge in [-0.2, -0.15) is 9.97 Å². The number of rotatable bonds is 1. The number of hydrogen-bond acceptors (Lipinski definition) is 10. The van der Waals surface area contributed by atoms with Gasteiger partial charge in [0.1, 0.15) is 35.2 Å². The molecule has 5 aliphatic heterocycles. The highest BCUT2D eigenvalue weighted by Gasteiger charge is 2.50. The molecule has 0 unspecified atom stereocenters. The summed E-state index contributed by atoms with van der Waals surface area (Å²) >= 11 is 0. The molecule has 4 aromatic rings. The monoisotopic (exact) mass is 644 g/mol. The van der Waals surface area contributed by atoms with Crippen LogP contribution in [0.3, 0.4) is 0 Å². The molecule has 4 fully saturated rings. The van der Waals surface area contributed by atoms with Gasteiger partial charge in [0.15, 0.2) is 5.82 Å². The van der Waals surface area contributed by atoms with Crippen LogP contribution in [0.2, 0.25) is 0 Å². The lowest BCUT2D eigenvalue weighted by molar-refractivity contribution is 0.0239. The normalized spacial score (nSPS) is 29.6. The zero-order valence-corrected chi connectivity index (χ0v) is 26.2. The summed E-state index contributed by atoms with van der Waals surface area (Å²) in [6, 6.07) is 7.68. The van der Waals surface area contributed by atoms with Gasteiger partial charge in [-0.05, 0) is 68.7 Å². The van der Waals surface area contributed by atoms with E-state index in [2.05, 4.69) is 25.1 Å². The van der Waals surface area contributed by atoms with E-state index in [0.717, 1.165) is 51.6 Å². The van der Waals surface area contributed by atoms with E-state index < -0.39 is 11.6 Å². The van der Waals surface area contributed by atoms with Crippen LogP contribution < -0.4 is 15.0 Å².